The van der Waals surface area contributed by atoms with E-state index in [-0.39, 0.29) is 23.2 Å². The monoisotopic (exact) mass is 492 g/mol. The highest BCUT2D eigenvalue weighted by atomic mass is 19.1. The zero-order chi connectivity index (χ0) is 25.7. The van der Waals surface area contributed by atoms with Crippen molar-refractivity contribution in [2.75, 3.05) is 26.1 Å². The summed E-state index contributed by atoms with van der Waals surface area (Å²) in [4.78, 5) is 28.0. The lowest BCUT2D eigenvalue weighted by atomic mass is 10.1. The van der Waals surface area contributed by atoms with Crippen LogP contribution >= 0.6 is 0 Å². The number of hydrogen-bond acceptors (Lipinski definition) is 5. The number of ether oxygens (including phenoxy) is 3. The topological polar surface area (TPSA) is 77.1 Å². The van der Waals surface area contributed by atoms with Gasteiger partial charge in [0.05, 0.1) is 14.2 Å². The number of benzene rings is 3. The van der Waals surface area contributed by atoms with E-state index in [0.29, 0.717) is 48.9 Å². The Labute approximate surface area is 209 Å². The molecule has 1 N–H and O–H groups in total. The van der Waals surface area contributed by atoms with E-state index in [2.05, 4.69) is 5.32 Å². The average Bonchev–Trinajstić information content (AvgIpc) is 3.03. The molecule has 0 fully saturated rings. The number of anilines is 1. The highest BCUT2D eigenvalue weighted by molar-refractivity contribution is 6.08. The largest absolute Gasteiger partial charge is 0.496 e. The van der Waals surface area contributed by atoms with E-state index >= 15 is 0 Å². The summed E-state index contributed by atoms with van der Waals surface area (Å²) in [6.07, 6.45) is 0.511. The fraction of sp³-hybridized carbons (Fsp3) is 0.286. The molecule has 1 aliphatic rings. The van der Waals surface area contributed by atoms with Crippen LogP contribution in [0.15, 0.2) is 60.7 Å². The summed E-state index contributed by atoms with van der Waals surface area (Å²) in [5, 5.41) is 2.90. The lowest BCUT2D eigenvalue weighted by molar-refractivity contribution is -0.138. The van der Waals surface area contributed by atoms with Crippen LogP contribution in [0.4, 0.5) is 10.1 Å². The molecule has 1 unspecified atom stereocenters. The van der Waals surface area contributed by atoms with Crippen LogP contribution in [0, 0.1) is 5.82 Å². The summed E-state index contributed by atoms with van der Waals surface area (Å²) in [6.45, 7) is 2.69. The number of amides is 2. The number of carbonyl (C=O) groups excluding carboxylic acids is 2. The van der Waals surface area contributed by atoms with E-state index in [9.17, 15) is 14.0 Å². The lowest BCUT2D eigenvalue weighted by Gasteiger charge is -2.23. The summed E-state index contributed by atoms with van der Waals surface area (Å²) >= 11 is 0. The van der Waals surface area contributed by atoms with Gasteiger partial charge in [-0.05, 0) is 60.9 Å². The van der Waals surface area contributed by atoms with Crippen molar-refractivity contribution in [3.8, 4) is 17.2 Å². The zero-order valence-corrected chi connectivity index (χ0v) is 20.5. The van der Waals surface area contributed by atoms with Crippen LogP contribution in [0.3, 0.4) is 0 Å². The molecule has 0 saturated carbocycles. The number of hydrogen-bond donors (Lipinski definition) is 1. The van der Waals surface area contributed by atoms with Crippen LogP contribution in [-0.4, -0.2) is 43.6 Å². The average molecular weight is 493 g/mol. The van der Waals surface area contributed by atoms with Crippen molar-refractivity contribution in [1.82, 2.24) is 4.90 Å². The number of nitrogens with one attached hydrogen (secondary N) is 1. The highest BCUT2D eigenvalue weighted by Gasteiger charge is 2.30. The smallest absolute Gasteiger partial charge is 0.263 e. The fourth-order valence-corrected chi connectivity index (χ4v) is 4.22. The van der Waals surface area contributed by atoms with Crippen molar-refractivity contribution in [3.05, 3.63) is 83.2 Å². The Morgan fingerprint density at radius 1 is 1.08 bits per heavy atom. The van der Waals surface area contributed by atoms with E-state index in [0.717, 1.165) is 11.1 Å². The van der Waals surface area contributed by atoms with Crippen LogP contribution < -0.4 is 19.5 Å². The minimum absolute atomic E-state index is 0.0971. The van der Waals surface area contributed by atoms with Gasteiger partial charge in [0.1, 0.15) is 28.6 Å². The third-order valence-corrected chi connectivity index (χ3v) is 6.15. The number of nitrogens with zero attached hydrogens (tertiary/aromatic N) is 1. The molecule has 0 spiro atoms. The summed E-state index contributed by atoms with van der Waals surface area (Å²) in [5.41, 5.74) is 2.56. The number of halogens is 1. The zero-order valence-electron chi connectivity index (χ0n) is 20.5. The van der Waals surface area contributed by atoms with Gasteiger partial charge in [-0.25, -0.2) is 4.39 Å². The Morgan fingerprint density at radius 2 is 1.78 bits per heavy atom. The van der Waals surface area contributed by atoms with E-state index in [1.807, 2.05) is 13.0 Å². The standard InChI is InChI=1S/C28H29FN2O5/c1-4-22-28(33)31(15-14-18-8-10-20(29)11-9-18)17-19-16-21(12-13-23(19)36-22)30-27(32)26-24(34-2)6-5-7-25(26)35-3/h5-13,16,22H,4,14-15,17H2,1-3H3,(H,30,32). The third-order valence-electron chi connectivity index (χ3n) is 6.15. The Balaban J connectivity index is 1.56. The van der Waals surface area contributed by atoms with Gasteiger partial charge in [0, 0.05) is 24.3 Å². The molecular formula is C28H29FN2O5. The van der Waals surface area contributed by atoms with Gasteiger partial charge >= 0.3 is 0 Å². The second kappa shape index (κ2) is 11.1. The molecule has 3 aromatic rings. The molecule has 7 nitrogen and oxygen atoms in total. The second-order valence-electron chi connectivity index (χ2n) is 8.47. The van der Waals surface area contributed by atoms with E-state index in [1.54, 1.807) is 47.4 Å². The molecule has 0 saturated heterocycles. The van der Waals surface area contributed by atoms with Gasteiger partial charge in [0.2, 0.25) is 0 Å². The van der Waals surface area contributed by atoms with Crippen molar-refractivity contribution in [2.45, 2.75) is 32.4 Å². The van der Waals surface area contributed by atoms with Gasteiger partial charge in [0.25, 0.3) is 11.8 Å². The first-order valence-corrected chi connectivity index (χ1v) is 11.8. The van der Waals surface area contributed by atoms with Crippen molar-refractivity contribution < 1.29 is 28.2 Å². The number of rotatable bonds is 8. The number of carbonyl (C=O) groups is 2. The number of methoxy groups -OCH3 is 2. The molecule has 1 aliphatic heterocycles. The molecule has 8 heteroatoms. The van der Waals surface area contributed by atoms with Crippen molar-refractivity contribution >= 4 is 17.5 Å². The minimum Gasteiger partial charge on any atom is -0.496 e. The van der Waals surface area contributed by atoms with Crippen molar-refractivity contribution in [1.29, 1.82) is 0 Å². The van der Waals surface area contributed by atoms with Gasteiger partial charge in [0.15, 0.2) is 6.10 Å². The molecule has 2 amide bonds. The molecule has 1 heterocycles. The molecule has 0 radical (unpaired) electrons. The van der Waals surface area contributed by atoms with Gasteiger partial charge in [-0.1, -0.05) is 25.1 Å². The summed E-state index contributed by atoms with van der Waals surface area (Å²) in [7, 11) is 2.99. The Bertz CT molecular complexity index is 1220. The molecule has 4 rings (SSSR count). The normalized spacial score (nSPS) is 14.9. The van der Waals surface area contributed by atoms with Crippen molar-refractivity contribution in [2.24, 2.45) is 0 Å². The lowest BCUT2D eigenvalue weighted by Crippen LogP contribution is -2.40. The molecule has 0 bridgehead atoms. The van der Waals surface area contributed by atoms with Crippen LogP contribution in [-0.2, 0) is 17.8 Å². The maximum absolute atomic E-state index is 13.3. The first kappa shape index (κ1) is 25.0. The van der Waals surface area contributed by atoms with E-state index in [1.165, 1.54) is 26.4 Å². The maximum Gasteiger partial charge on any atom is 0.263 e. The summed E-state index contributed by atoms with van der Waals surface area (Å²) in [5.74, 6) is 0.627. The molecule has 188 valence electrons. The van der Waals surface area contributed by atoms with E-state index < -0.39 is 6.10 Å². The van der Waals surface area contributed by atoms with E-state index in [4.69, 9.17) is 14.2 Å². The first-order valence-electron chi connectivity index (χ1n) is 11.8. The Morgan fingerprint density at radius 3 is 2.42 bits per heavy atom. The van der Waals surface area contributed by atoms with Crippen LogP contribution in [0.25, 0.3) is 0 Å². The van der Waals surface area contributed by atoms with Gasteiger partial charge in [-0.15, -0.1) is 0 Å². The predicted molar refractivity (Wildman–Crippen MR) is 134 cm³/mol. The maximum atomic E-state index is 13.3. The molecular weight excluding hydrogens is 463 g/mol. The fourth-order valence-electron chi connectivity index (χ4n) is 4.22. The van der Waals surface area contributed by atoms with Crippen molar-refractivity contribution in [3.63, 3.8) is 0 Å². The van der Waals surface area contributed by atoms with Crippen LogP contribution in [0.2, 0.25) is 0 Å². The highest BCUT2D eigenvalue weighted by Crippen LogP contribution is 2.32. The van der Waals surface area contributed by atoms with Gasteiger partial charge in [-0.3, -0.25) is 9.59 Å². The molecule has 0 aromatic heterocycles. The van der Waals surface area contributed by atoms with Gasteiger partial charge < -0.3 is 24.4 Å². The Hall–Kier alpha value is -4.07. The summed E-state index contributed by atoms with van der Waals surface area (Å²) in [6, 6.07) is 16.7. The second-order valence-corrected chi connectivity index (χ2v) is 8.47. The van der Waals surface area contributed by atoms with Crippen LogP contribution in [0.5, 0.6) is 17.2 Å². The molecule has 1 atom stereocenters. The van der Waals surface area contributed by atoms with Crippen LogP contribution in [0.1, 0.15) is 34.8 Å². The molecule has 3 aromatic carbocycles. The number of fused-ring (bicyclic) bond motifs is 1. The Kier molecular flexibility index (Phi) is 7.73. The molecule has 0 aliphatic carbocycles. The SMILES string of the molecule is CCC1Oc2ccc(NC(=O)c3c(OC)cccc3OC)cc2CN(CCc2ccc(F)cc2)C1=O. The minimum atomic E-state index is -0.599. The summed E-state index contributed by atoms with van der Waals surface area (Å²) < 4.78 is 30.0. The first-order chi connectivity index (χ1) is 17.4. The van der Waals surface area contributed by atoms with Gasteiger partial charge in [-0.2, -0.15) is 0 Å². The quantitative estimate of drug-likeness (QED) is 0.487. The third kappa shape index (κ3) is 5.43. The predicted octanol–water partition coefficient (Wildman–Crippen LogP) is 4.84. The molecule has 36 heavy (non-hydrogen) atoms.